The van der Waals surface area contributed by atoms with Crippen molar-refractivity contribution in [3.8, 4) is 34.2 Å². The van der Waals surface area contributed by atoms with Crippen LogP contribution in [-0.4, -0.2) is 29.1 Å². The van der Waals surface area contributed by atoms with Crippen LogP contribution in [0.25, 0.3) is 22.4 Å². The Balaban J connectivity index is 1.37. The van der Waals surface area contributed by atoms with E-state index in [1.165, 1.54) is 17.4 Å². The van der Waals surface area contributed by atoms with Crippen LogP contribution in [0.5, 0.6) is 5.75 Å². The summed E-state index contributed by atoms with van der Waals surface area (Å²) in [4.78, 5) is 17.9. The van der Waals surface area contributed by atoms with Gasteiger partial charge in [-0.2, -0.15) is 18.4 Å². The van der Waals surface area contributed by atoms with E-state index in [0.717, 1.165) is 34.4 Å². The zero-order valence-corrected chi connectivity index (χ0v) is 22.9. The van der Waals surface area contributed by atoms with E-state index in [4.69, 9.17) is 10.00 Å². The van der Waals surface area contributed by atoms with Gasteiger partial charge in [-0.15, -0.1) is 11.3 Å². The summed E-state index contributed by atoms with van der Waals surface area (Å²) in [7, 11) is 0. The standard InChI is InChI=1S/C31H26F3N3O3S/c1-19-14-23(21-4-2-20(16-35)3-5-21)6-7-24(19)17-40-28-9-8-25(31(32,33)34)15-26(28)27-18-41-30(36-27)37-12-10-22(11-13-37)29(38)39/h2-9,14-15,18,22H,10-13,17H2,1H3,(H,38,39). The first-order valence-corrected chi connectivity index (χ1v) is 13.9. The highest BCUT2D eigenvalue weighted by Crippen LogP contribution is 2.39. The molecule has 1 fully saturated rings. The number of aromatic nitrogens is 1. The Morgan fingerprint density at radius 3 is 2.44 bits per heavy atom. The van der Waals surface area contributed by atoms with Crippen molar-refractivity contribution in [3.05, 3.63) is 88.3 Å². The smallest absolute Gasteiger partial charge is 0.416 e. The van der Waals surface area contributed by atoms with E-state index in [1.54, 1.807) is 17.5 Å². The lowest BCUT2D eigenvalue weighted by molar-refractivity contribution is -0.142. The molecule has 0 saturated carbocycles. The second-order valence-electron chi connectivity index (χ2n) is 9.94. The average molecular weight is 578 g/mol. The quantitative estimate of drug-likeness (QED) is 0.244. The Morgan fingerprint density at radius 1 is 1.10 bits per heavy atom. The second-order valence-corrected chi connectivity index (χ2v) is 10.8. The molecule has 1 N–H and O–H groups in total. The summed E-state index contributed by atoms with van der Waals surface area (Å²) in [5, 5.41) is 20.6. The molecule has 0 atom stereocenters. The molecular formula is C31H26F3N3O3S. The van der Waals surface area contributed by atoms with Gasteiger partial charge in [0.05, 0.1) is 28.8 Å². The number of nitrogens with zero attached hydrogens (tertiary/aromatic N) is 3. The summed E-state index contributed by atoms with van der Waals surface area (Å²) in [5.41, 5.74) is 4.20. The van der Waals surface area contributed by atoms with Gasteiger partial charge in [-0.25, -0.2) is 4.98 Å². The van der Waals surface area contributed by atoms with Crippen LogP contribution in [0.3, 0.4) is 0 Å². The maximum Gasteiger partial charge on any atom is 0.416 e. The first-order valence-electron chi connectivity index (χ1n) is 13.0. The number of hydrogen-bond donors (Lipinski definition) is 1. The van der Waals surface area contributed by atoms with Gasteiger partial charge in [0.2, 0.25) is 0 Å². The third-order valence-electron chi connectivity index (χ3n) is 7.26. The lowest BCUT2D eigenvalue weighted by atomic mass is 9.97. The molecule has 1 saturated heterocycles. The van der Waals surface area contributed by atoms with Crippen LogP contribution in [-0.2, 0) is 17.6 Å². The van der Waals surface area contributed by atoms with E-state index in [0.29, 0.717) is 42.3 Å². The van der Waals surface area contributed by atoms with Gasteiger partial charge >= 0.3 is 12.1 Å². The van der Waals surface area contributed by atoms with Gasteiger partial charge in [0, 0.05) is 24.0 Å². The Labute approximate surface area is 239 Å². The maximum atomic E-state index is 13.6. The number of carboxylic acid groups (broad SMARTS) is 1. The normalized spacial score (nSPS) is 14.1. The number of hydrogen-bond acceptors (Lipinski definition) is 6. The molecule has 41 heavy (non-hydrogen) atoms. The molecule has 210 valence electrons. The molecule has 4 aromatic rings. The van der Waals surface area contributed by atoms with E-state index < -0.39 is 23.6 Å². The number of aryl methyl sites for hydroxylation is 1. The predicted octanol–water partition coefficient (Wildman–Crippen LogP) is 7.56. The average Bonchev–Trinajstić information content (AvgIpc) is 3.46. The van der Waals surface area contributed by atoms with Crippen molar-refractivity contribution in [2.24, 2.45) is 5.92 Å². The molecule has 5 rings (SSSR count). The third-order valence-corrected chi connectivity index (χ3v) is 8.16. The van der Waals surface area contributed by atoms with E-state index in [-0.39, 0.29) is 17.9 Å². The lowest BCUT2D eigenvalue weighted by Crippen LogP contribution is -2.36. The monoisotopic (exact) mass is 577 g/mol. The van der Waals surface area contributed by atoms with Crippen LogP contribution in [0.4, 0.5) is 18.3 Å². The summed E-state index contributed by atoms with van der Waals surface area (Å²) in [6.45, 7) is 3.14. The number of aliphatic carboxylic acids is 1. The van der Waals surface area contributed by atoms with Crippen molar-refractivity contribution >= 4 is 22.4 Å². The van der Waals surface area contributed by atoms with E-state index in [9.17, 15) is 23.1 Å². The van der Waals surface area contributed by atoms with Crippen LogP contribution in [0.2, 0.25) is 0 Å². The minimum Gasteiger partial charge on any atom is -0.488 e. The van der Waals surface area contributed by atoms with Gasteiger partial charge in [0.15, 0.2) is 5.13 Å². The molecule has 1 aliphatic rings. The van der Waals surface area contributed by atoms with Crippen LogP contribution < -0.4 is 9.64 Å². The lowest BCUT2D eigenvalue weighted by Gasteiger charge is -2.29. The molecular weight excluding hydrogens is 551 g/mol. The van der Waals surface area contributed by atoms with E-state index in [1.807, 2.05) is 42.2 Å². The predicted molar refractivity (Wildman–Crippen MR) is 151 cm³/mol. The molecule has 1 aliphatic heterocycles. The third kappa shape index (κ3) is 6.36. The number of carboxylic acids is 1. The summed E-state index contributed by atoms with van der Waals surface area (Å²) >= 11 is 1.31. The number of alkyl halides is 3. The van der Waals surface area contributed by atoms with Crippen molar-refractivity contribution in [1.29, 1.82) is 5.26 Å². The number of rotatable bonds is 7. The topological polar surface area (TPSA) is 86.5 Å². The Kier molecular flexibility index (Phi) is 7.99. The van der Waals surface area contributed by atoms with Gasteiger partial charge in [-0.3, -0.25) is 4.79 Å². The highest BCUT2D eigenvalue weighted by Gasteiger charge is 2.32. The molecule has 1 aromatic heterocycles. The van der Waals surface area contributed by atoms with Crippen LogP contribution in [0.1, 0.15) is 35.1 Å². The summed E-state index contributed by atoms with van der Waals surface area (Å²) in [6.07, 6.45) is -3.54. The van der Waals surface area contributed by atoms with Crippen molar-refractivity contribution in [3.63, 3.8) is 0 Å². The highest BCUT2D eigenvalue weighted by atomic mass is 32.1. The molecule has 10 heteroatoms. The summed E-state index contributed by atoms with van der Waals surface area (Å²) in [6, 6.07) is 18.7. The fourth-order valence-corrected chi connectivity index (χ4v) is 5.69. The number of anilines is 1. The van der Waals surface area contributed by atoms with Crippen LogP contribution in [0.15, 0.2) is 66.0 Å². The molecule has 0 spiro atoms. The zero-order valence-electron chi connectivity index (χ0n) is 22.1. The first kappa shape index (κ1) is 28.2. The second kappa shape index (κ2) is 11.6. The van der Waals surface area contributed by atoms with Crippen molar-refractivity contribution < 1.29 is 27.8 Å². The van der Waals surface area contributed by atoms with Gasteiger partial charge in [0.1, 0.15) is 12.4 Å². The number of benzene rings is 3. The number of halogens is 3. The van der Waals surface area contributed by atoms with Crippen molar-refractivity contribution in [2.45, 2.75) is 32.5 Å². The molecule has 0 unspecified atom stereocenters. The zero-order chi connectivity index (χ0) is 29.1. The number of nitriles is 1. The minimum absolute atomic E-state index is 0.150. The number of ether oxygens (including phenoxy) is 1. The summed E-state index contributed by atoms with van der Waals surface area (Å²) < 4.78 is 46.9. The maximum absolute atomic E-state index is 13.6. The SMILES string of the molecule is Cc1cc(-c2ccc(C#N)cc2)ccc1COc1ccc(C(F)(F)F)cc1-c1csc(N2CCC(C(=O)O)CC2)n1. The highest BCUT2D eigenvalue weighted by molar-refractivity contribution is 7.14. The number of carbonyl (C=O) groups is 1. The molecule has 6 nitrogen and oxygen atoms in total. The first-order chi connectivity index (χ1) is 19.6. The van der Waals surface area contributed by atoms with E-state index in [2.05, 4.69) is 11.1 Å². The van der Waals surface area contributed by atoms with Crippen molar-refractivity contribution in [1.82, 2.24) is 4.98 Å². The Bertz CT molecular complexity index is 1600. The molecule has 3 aromatic carbocycles. The van der Waals surface area contributed by atoms with Gasteiger partial charge in [0.25, 0.3) is 0 Å². The van der Waals surface area contributed by atoms with Crippen LogP contribution in [0, 0.1) is 24.2 Å². The fourth-order valence-electron chi connectivity index (χ4n) is 4.81. The largest absolute Gasteiger partial charge is 0.488 e. The van der Waals surface area contributed by atoms with Crippen molar-refractivity contribution in [2.75, 3.05) is 18.0 Å². The van der Waals surface area contributed by atoms with Gasteiger partial charge in [-0.1, -0.05) is 30.3 Å². The van der Waals surface area contributed by atoms with E-state index >= 15 is 0 Å². The Morgan fingerprint density at radius 2 is 1.80 bits per heavy atom. The molecule has 2 heterocycles. The molecule has 0 bridgehead atoms. The Hall–Kier alpha value is -4.36. The number of thiazole rings is 1. The van der Waals surface area contributed by atoms with Crippen LogP contribution >= 0.6 is 11.3 Å². The fraction of sp³-hybridized carbons (Fsp3) is 0.258. The summed E-state index contributed by atoms with van der Waals surface area (Å²) in [5.74, 6) is -0.917. The van der Waals surface area contributed by atoms with Gasteiger partial charge in [-0.05, 0) is 72.4 Å². The number of piperidine rings is 1. The van der Waals surface area contributed by atoms with Gasteiger partial charge < -0.3 is 14.7 Å². The molecule has 0 aliphatic carbocycles. The minimum atomic E-state index is -4.53. The molecule has 0 amide bonds. The molecule has 0 radical (unpaired) electrons.